The van der Waals surface area contributed by atoms with Gasteiger partial charge in [0.1, 0.15) is 0 Å². The van der Waals surface area contributed by atoms with Crippen molar-refractivity contribution in [2.45, 2.75) is 105 Å². The number of hydrogen-bond acceptors (Lipinski definition) is 1. The predicted molar refractivity (Wildman–Crippen MR) is 194 cm³/mol. The summed E-state index contributed by atoms with van der Waals surface area (Å²) in [5.74, 6) is 0. The van der Waals surface area contributed by atoms with Crippen molar-refractivity contribution < 1.29 is 4.12 Å². The van der Waals surface area contributed by atoms with Crippen LogP contribution >= 0.6 is 0 Å². The summed E-state index contributed by atoms with van der Waals surface area (Å²) in [4.78, 5) is 0. The summed E-state index contributed by atoms with van der Waals surface area (Å²) in [6, 6.07) is 37.1. The van der Waals surface area contributed by atoms with Gasteiger partial charge >= 0.3 is 0 Å². The minimum absolute atomic E-state index is 0.0706. The smallest absolute Gasteiger partial charge is 0.228 e. The zero-order valence-electron chi connectivity index (χ0n) is 28.8. The molecule has 0 amide bonds. The van der Waals surface area contributed by atoms with E-state index in [1.54, 1.807) is 0 Å². The molecule has 0 fully saturated rings. The largest absolute Gasteiger partial charge is 0.446 e. The first-order valence-electron chi connectivity index (χ1n) is 15.9. The van der Waals surface area contributed by atoms with Crippen LogP contribution in [0.15, 0.2) is 97.1 Å². The van der Waals surface area contributed by atoms with Gasteiger partial charge in [0.25, 0.3) is 0 Å². The highest BCUT2D eigenvalue weighted by molar-refractivity contribution is 6.91. The summed E-state index contributed by atoms with van der Waals surface area (Å²) in [6.07, 6.45) is 0. The molecule has 0 aliphatic rings. The van der Waals surface area contributed by atoms with Crippen LogP contribution in [0.4, 0.5) is 0 Å². The third kappa shape index (κ3) is 8.26. The molecular weight excluding hydrogens is 553 g/mol. The van der Waals surface area contributed by atoms with Gasteiger partial charge in [-0.1, -0.05) is 180 Å². The Hall–Kier alpha value is -2.73. The Labute approximate surface area is 266 Å². The number of rotatable bonds is 6. The monoisotopic (exact) mass is 606 g/mol. The van der Waals surface area contributed by atoms with E-state index >= 15 is 0 Å². The van der Waals surface area contributed by atoms with Gasteiger partial charge in [0.15, 0.2) is 0 Å². The number of hydrogen-bond donors (Lipinski definition) is 0. The van der Waals surface area contributed by atoms with Crippen molar-refractivity contribution in [1.29, 1.82) is 0 Å². The molecule has 0 heterocycles. The average molecular weight is 607 g/mol. The van der Waals surface area contributed by atoms with Gasteiger partial charge in [-0.05, 0) is 64.7 Å². The van der Waals surface area contributed by atoms with E-state index in [9.17, 15) is 0 Å². The van der Waals surface area contributed by atoms with Crippen LogP contribution < -0.4 is 20.7 Å². The van der Waals surface area contributed by atoms with Gasteiger partial charge in [-0.25, -0.2) is 0 Å². The second-order valence-corrected chi connectivity index (χ2v) is 21.7. The lowest BCUT2D eigenvalue weighted by Gasteiger charge is -2.29. The molecule has 0 radical (unpaired) electrons. The molecule has 0 atom stereocenters. The van der Waals surface area contributed by atoms with E-state index in [-0.39, 0.29) is 21.7 Å². The Balaban J connectivity index is 1.95. The first-order chi connectivity index (χ1) is 19.8. The maximum absolute atomic E-state index is 7.74. The fourth-order valence-electron chi connectivity index (χ4n) is 5.51. The molecule has 4 aromatic rings. The van der Waals surface area contributed by atoms with E-state index in [0.717, 1.165) is 0 Å². The van der Waals surface area contributed by atoms with Gasteiger partial charge in [0, 0.05) is 0 Å². The molecule has 0 spiro atoms. The van der Waals surface area contributed by atoms with Crippen molar-refractivity contribution in [2.24, 2.45) is 0 Å². The molecule has 0 aliphatic carbocycles. The van der Waals surface area contributed by atoms with Crippen LogP contribution in [-0.2, 0) is 25.8 Å². The van der Waals surface area contributed by atoms with Crippen LogP contribution in [0.2, 0.25) is 0 Å². The van der Waals surface area contributed by atoms with Gasteiger partial charge in [-0.3, -0.25) is 0 Å². The van der Waals surface area contributed by atoms with E-state index in [1.807, 2.05) is 0 Å². The van der Waals surface area contributed by atoms with Gasteiger partial charge in [-0.15, -0.1) is 0 Å². The van der Waals surface area contributed by atoms with Crippen LogP contribution in [0.5, 0.6) is 0 Å². The standard InChI is InChI=1S/C40H54OSi2/c1-37(2,3)29-17-13-21-33(25-29)42(34-22-14-18-30(26-34)38(4,5)6)41-43(35-23-15-19-31(27-35)39(7,8)9)36-24-16-20-32(28-36)40(10,11)12/h13-28,42-43H,1-12H3. The van der Waals surface area contributed by atoms with Crippen LogP contribution in [0.3, 0.4) is 0 Å². The second-order valence-electron chi connectivity index (χ2n) is 16.4. The quantitative estimate of drug-likeness (QED) is 0.210. The van der Waals surface area contributed by atoms with Crippen LogP contribution in [0.25, 0.3) is 0 Å². The predicted octanol–water partition coefficient (Wildman–Crippen LogP) is 7.27. The summed E-state index contributed by atoms with van der Waals surface area (Å²) in [6.45, 7) is 27.6. The van der Waals surface area contributed by atoms with Gasteiger partial charge in [0.2, 0.25) is 18.1 Å². The molecule has 0 bridgehead atoms. The molecule has 43 heavy (non-hydrogen) atoms. The van der Waals surface area contributed by atoms with Crippen LogP contribution in [0.1, 0.15) is 105 Å². The maximum atomic E-state index is 7.74. The topological polar surface area (TPSA) is 9.23 Å². The zero-order valence-corrected chi connectivity index (χ0v) is 31.1. The molecule has 0 aromatic heterocycles. The lowest BCUT2D eigenvalue weighted by Crippen LogP contribution is -2.56. The van der Waals surface area contributed by atoms with Crippen molar-refractivity contribution in [3.63, 3.8) is 0 Å². The normalized spacial score (nSPS) is 13.2. The Morgan fingerprint density at radius 3 is 0.744 bits per heavy atom. The highest BCUT2D eigenvalue weighted by Crippen LogP contribution is 2.25. The maximum Gasteiger partial charge on any atom is 0.228 e. The summed E-state index contributed by atoms with van der Waals surface area (Å²) >= 11 is 0. The van der Waals surface area contributed by atoms with Crippen molar-refractivity contribution >= 4 is 38.8 Å². The molecule has 0 saturated carbocycles. The minimum atomic E-state index is -2.10. The highest BCUT2D eigenvalue weighted by atomic mass is 28.4. The summed E-state index contributed by atoms with van der Waals surface area (Å²) in [5, 5.41) is 5.43. The van der Waals surface area contributed by atoms with Crippen molar-refractivity contribution in [1.82, 2.24) is 0 Å². The second kappa shape index (κ2) is 12.3. The fraction of sp³-hybridized carbons (Fsp3) is 0.400. The Morgan fingerprint density at radius 1 is 0.349 bits per heavy atom. The summed E-state index contributed by atoms with van der Waals surface area (Å²) in [7, 11) is -4.20. The lowest BCUT2D eigenvalue weighted by atomic mass is 9.87. The van der Waals surface area contributed by atoms with Crippen molar-refractivity contribution in [3.8, 4) is 0 Å². The highest BCUT2D eigenvalue weighted by Gasteiger charge is 2.30. The molecule has 4 aromatic carbocycles. The average Bonchev–Trinajstić information content (AvgIpc) is 2.92. The molecule has 0 N–H and O–H groups in total. The Kier molecular flexibility index (Phi) is 9.52. The van der Waals surface area contributed by atoms with E-state index in [2.05, 4.69) is 180 Å². The Morgan fingerprint density at radius 2 is 0.558 bits per heavy atom. The molecule has 0 aliphatic heterocycles. The van der Waals surface area contributed by atoms with Crippen LogP contribution in [-0.4, -0.2) is 18.1 Å². The molecule has 1 nitrogen and oxygen atoms in total. The first kappa shape index (κ1) is 33.2. The molecule has 0 saturated heterocycles. The van der Waals surface area contributed by atoms with E-state index in [0.29, 0.717) is 0 Å². The van der Waals surface area contributed by atoms with Gasteiger partial charge in [-0.2, -0.15) is 0 Å². The Bertz CT molecular complexity index is 1310. The summed E-state index contributed by atoms with van der Waals surface area (Å²) in [5.41, 5.74) is 5.73. The van der Waals surface area contributed by atoms with Crippen molar-refractivity contribution in [2.75, 3.05) is 0 Å². The molecule has 3 heteroatoms. The minimum Gasteiger partial charge on any atom is -0.446 e. The summed E-state index contributed by atoms with van der Waals surface area (Å²) < 4.78 is 7.74. The lowest BCUT2D eigenvalue weighted by molar-refractivity contribution is 0.589. The van der Waals surface area contributed by atoms with Crippen molar-refractivity contribution in [3.05, 3.63) is 119 Å². The molecule has 4 rings (SSSR count). The molecule has 0 unspecified atom stereocenters. The molecular formula is C40H54OSi2. The molecule has 228 valence electrons. The SMILES string of the molecule is CC(C)(C)c1cccc([SiH](O[SiH](c2cccc(C(C)(C)C)c2)c2cccc(C(C)(C)C)c2)c2cccc(C(C)(C)C)c2)c1. The van der Waals surface area contributed by atoms with Gasteiger partial charge < -0.3 is 4.12 Å². The van der Waals surface area contributed by atoms with E-state index < -0.39 is 18.1 Å². The van der Waals surface area contributed by atoms with E-state index in [4.69, 9.17) is 4.12 Å². The van der Waals surface area contributed by atoms with Crippen LogP contribution in [0, 0.1) is 0 Å². The first-order valence-corrected chi connectivity index (χ1v) is 19.2. The fourth-order valence-corrected chi connectivity index (χ4v) is 12.3. The van der Waals surface area contributed by atoms with E-state index in [1.165, 1.54) is 43.0 Å². The third-order valence-electron chi connectivity index (χ3n) is 8.49. The zero-order chi connectivity index (χ0) is 31.8. The van der Waals surface area contributed by atoms with Gasteiger partial charge in [0.05, 0.1) is 0 Å². The third-order valence-corrected chi connectivity index (χ3v) is 14.5. The number of benzene rings is 4.